The largest absolute Gasteiger partial charge is 0.454 e. The van der Waals surface area contributed by atoms with Crippen molar-refractivity contribution in [2.24, 2.45) is 0 Å². The van der Waals surface area contributed by atoms with Gasteiger partial charge in [-0.2, -0.15) is 9.13 Å². The molecule has 0 spiro atoms. The van der Waals surface area contributed by atoms with Crippen LogP contribution in [0.5, 0.6) is 0 Å². The van der Waals surface area contributed by atoms with E-state index < -0.39 is 0 Å². The van der Waals surface area contributed by atoms with Gasteiger partial charge >= 0.3 is 0 Å². The van der Waals surface area contributed by atoms with E-state index in [4.69, 9.17) is 11.0 Å². The van der Waals surface area contributed by atoms with E-state index in [1.807, 2.05) is 0 Å². The van der Waals surface area contributed by atoms with Crippen molar-refractivity contribution in [3.05, 3.63) is 157 Å². The smallest absolute Gasteiger partial charge is 0.249 e. The number of nitrogens with zero attached hydrogens (tertiary/aromatic N) is 3. The third-order valence-corrected chi connectivity index (χ3v) is 12.0. The Morgan fingerprint density at radius 1 is 0.686 bits per heavy atom. The zero-order valence-electron chi connectivity index (χ0n) is 28.2. The van der Waals surface area contributed by atoms with E-state index in [2.05, 4.69) is 154 Å². The summed E-state index contributed by atoms with van der Waals surface area (Å²) in [5.74, 6) is 0.264. The summed E-state index contributed by atoms with van der Waals surface area (Å²) in [6.45, 7) is 7.09. The maximum absolute atomic E-state index is 6.70. The Hall–Kier alpha value is -6.26. The Kier molecular flexibility index (Phi) is 5.24. The first-order chi connectivity index (χ1) is 25.1. The Balaban J connectivity index is 1.18. The van der Waals surface area contributed by atoms with Gasteiger partial charge in [-0.05, 0) is 79.9 Å². The quantitative estimate of drug-likeness (QED) is 0.149. The Morgan fingerprint density at radius 3 is 2.41 bits per heavy atom. The topological polar surface area (TPSA) is 25.3 Å². The molecule has 2 aliphatic heterocycles. The molecule has 0 saturated carbocycles. The van der Waals surface area contributed by atoms with E-state index >= 15 is 0 Å². The Morgan fingerprint density at radius 2 is 1.47 bits per heavy atom. The molecule has 0 saturated heterocycles. The number of pyridine rings is 2. The summed E-state index contributed by atoms with van der Waals surface area (Å²) >= 11 is 0. The van der Waals surface area contributed by atoms with Crippen LogP contribution in [-0.4, -0.2) is 4.40 Å². The fourth-order valence-corrected chi connectivity index (χ4v) is 9.83. The van der Waals surface area contributed by atoms with Gasteiger partial charge in [-0.15, -0.1) is 0 Å². The van der Waals surface area contributed by atoms with Crippen LogP contribution in [0.25, 0.3) is 88.2 Å². The van der Waals surface area contributed by atoms with Gasteiger partial charge < -0.3 is 8.82 Å². The highest BCUT2D eigenvalue weighted by Crippen LogP contribution is 2.47. The number of fused-ring (bicyclic) bond motifs is 19. The standard InChI is InChI=1S/C47H33N3O/c1-27-17-22-41-38-25-39-34-14-9-13-33-36-20-21-37-32-12-5-6-16-43(32)51-47(37)46(36)50(45(33)34)42(39)24-29(38)18-19-35-30-10-3-4-11-31(30)40-15-7-8-23-48(40)44(35)28(2)49(41)26-27/h3-17,20-26,35,44H,2,18-19H2,1H3/q+2. The number of rotatable bonds is 0. The molecule has 0 fully saturated rings. The summed E-state index contributed by atoms with van der Waals surface area (Å²) in [5, 5.41) is 7.36. The molecule has 5 aromatic heterocycles. The first-order valence-electron chi connectivity index (χ1n) is 18.0. The maximum atomic E-state index is 6.70. The molecule has 0 radical (unpaired) electrons. The summed E-state index contributed by atoms with van der Waals surface area (Å²) < 4.78 is 14.1. The zero-order valence-corrected chi connectivity index (χ0v) is 28.2. The summed E-state index contributed by atoms with van der Waals surface area (Å²) in [4.78, 5) is 0. The van der Waals surface area contributed by atoms with E-state index in [9.17, 15) is 0 Å². The summed E-state index contributed by atoms with van der Waals surface area (Å²) in [5.41, 5.74) is 15.7. The summed E-state index contributed by atoms with van der Waals surface area (Å²) in [6.07, 6.45) is 6.49. The number of furan rings is 1. The van der Waals surface area contributed by atoms with Crippen LogP contribution < -0.4 is 9.13 Å². The molecule has 5 aromatic carbocycles. The number of aromatic nitrogens is 3. The highest BCUT2D eigenvalue weighted by atomic mass is 16.3. The van der Waals surface area contributed by atoms with Gasteiger partial charge in [0.1, 0.15) is 5.58 Å². The van der Waals surface area contributed by atoms with Crippen molar-refractivity contribution < 1.29 is 13.6 Å². The number of benzene rings is 5. The van der Waals surface area contributed by atoms with Crippen molar-refractivity contribution in [3.8, 4) is 22.5 Å². The molecule has 0 bridgehead atoms. The zero-order chi connectivity index (χ0) is 33.5. The van der Waals surface area contributed by atoms with Crippen LogP contribution in [0, 0.1) is 6.92 Å². The van der Waals surface area contributed by atoms with Crippen LogP contribution in [0.2, 0.25) is 0 Å². The fourth-order valence-electron chi connectivity index (χ4n) is 9.83. The second-order valence-corrected chi connectivity index (χ2v) is 14.6. The number of aryl methyl sites for hydroxylation is 2. The highest BCUT2D eigenvalue weighted by molar-refractivity contribution is 6.28. The molecule has 2 aliphatic rings. The monoisotopic (exact) mass is 655 g/mol. The lowest BCUT2D eigenvalue weighted by Gasteiger charge is -2.29. The van der Waals surface area contributed by atoms with Gasteiger partial charge in [-0.3, -0.25) is 0 Å². The SMILES string of the molecule is C=C1C2C(CCc3cc4c(cc3-c3ccc(C)c[n+]31)c1cccc3c5ccc6c7ccccc7oc6c5n4c13)c1ccccc1-c1cccc[n+]12. The van der Waals surface area contributed by atoms with Gasteiger partial charge in [0.2, 0.25) is 23.1 Å². The third kappa shape index (κ3) is 3.49. The lowest BCUT2D eigenvalue weighted by molar-refractivity contribution is -0.727. The normalized spacial score (nSPS) is 17.0. The third-order valence-electron chi connectivity index (χ3n) is 12.0. The molecule has 0 aliphatic carbocycles. The van der Waals surface area contributed by atoms with E-state index in [1.165, 1.54) is 71.8 Å². The van der Waals surface area contributed by atoms with Gasteiger partial charge in [-0.25, -0.2) is 0 Å². The van der Waals surface area contributed by atoms with E-state index in [1.54, 1.807) is 0 Å². The minimum absolute atomic E-state index is 0.0814. The molecule has 0 N–H and O–H groups in total. The summed E-state index contributed by atoms with van der Waals surface area (Å²) in [6, 6.07) is 44.9. The van der Waals surface area contributed by atoms with Gasteiger partial charge in [0.05, 0.1) is 28.0 Å². The van der Waals surface area contributed by atoms with Crippen molar-refractivity contribution in [1.29, 1.82) is 0 Å². The molecule has 240 valence electrons. The van der Waals surface area contributed by atoms with E-state index in [-0.39, 0.29) is 12.0 Å². The van der Waals surface area contributed by atoms with Crippen molar-refractivity contribution in [3.63, 3.8) is 0 Å². The minimum Gasteiger partial charge on any atom is -0.454 e. The van der Waals surface area contributed by atoms with Gasteiger partial charge in [0.25, 0.3) is 0 Å². The molecule has 0 amide bonds. The minimum atomic E-state index is 0.0814. The van der Waals surface area contributed by atoms with Gasteiger partial charge in [0.15, 0.2) is 18.0 Å². The lowest BCUT2D eigenvalue weighted by Crippen LogP contribution is -2.53. The molecular formula is C47H33N3O+2. The maximum Gasteiger partial charge on any atom is 0.249 e. The van der Waals surface area contributed by atoms with Crippen molar-refractivity contribution in [1.82, 2.24) is 4.40 Å². The Labute approximate surface area is 294 Å². The van der Waals surface area contributed by atoms with E-state index in [0.717, 1.165) is 46.0 Å². The number of para-hydroxylation sites is 2. The van der Waals surface area contributed by atoms with Crippen LogP contribution in [0.4, 0.5) is 0 Å². The number of hydrogen-bond donors (Lipinski definition) is 0. The average Bonchev–Trinajstić information content (AvgIpc) is 3.83. The molecule has 4 heteroatoms. The molecule has 10 aromatic rings. The van der Waals surface area contributed by atoms with Gasteiger partial charge in [-0.1, -0.05) is 60.7 Å². The second-order valence-electron chi connectivity index (χ2n) is 14.6. The van der Waals surface area contributed by atoms with Gasteiger partial charge in [0, 0.05) is 61.6 Å². The fraction of sp³-hybridized carbons (Fsp3) is 0.106. The second kappa shape index (κ2) is 9.70. The number of hydrogen-bond acceptors (Lipinski definition) is 1. The van der Waals surface area contributed by atoms with Crippen LogP contribution in [0.1, 0.15) is 35.1 Å². The molecule has 51 heavy (non-hydrogen) atoms. The first-order valence-corrected chi connectivity index (χ1v) is 18.0. The van der Waals surface area contributed by atoms with E-state index in [0.29, 0.717) is 0 Å². The molecule has 4 nitrogen and oxygen atoms in total. The van der Waals surface area contributed by atoms with Crippen molar-refractivity contribution in [2.45, 2.75) is 31.7 Å². The molecule has 7 heterocycles. The highest BCUT2D eigenvalue weighted by Gasteiger charge is 2.46. The molecular weight excluding hydrogens is 623 g/mol. The predicted molar refractivity (Wildman–Crippen MR) is 206 cm³/mol. The van der Waals surface area contributed by atoms with Crippen LogP contribution in [0.3, 0.4) is 0 Å². The molecule has 12 rings (SSSR count). The summed E-state index contributed by atoms with van der Waals surface area (Å²) in [7, 11) is 0. The lowest BCUT2D eigenvalue weighted by atomic mass is 9.78. The number of allylic oxidation sites excluding steroid dienone is 1. The Bertz CT molecular complexity index is 3140. The first kappa shape index (κ1) is 27.5. The van der Waals surface area contributed by atoms with Crippen LogP contribution in [0.15, 0.2) is 145 Å². The molecule has 2 atom stereocenters. The van der Waals surface area contributed by atoms with Crippen LogP contribution >= 0.6 is 0 Å². The molecule has 2 unspecified atom stereocenters. The van der Waals surface area contributed by atoms with Crippen LogP contribution in [-0.2, 0) is 6.42 Å². The average molecular weight is 656 g/mol. The van der Waals surface area contributed by atoms with Crippen molar-refractivity contribution >= 4 is 65.7 Å². The van der Waals surface area contributed by atoms with Crippen molar-refractivity contribution in [2.75, 3.05) is 0 Å². The predicted octanol–water partition coefficient (Wildman–Crippen LogP) is 10.7.